The SMILES string of the molecule is CC(C)(C)[C@@H]1CC[C@@H](C(C)(C)C)S1. The molecule has 0 aliphatic carbocycles. The van der Waals surface area contributed by atoms with Gasteiger partial charge in [0.15, 0.2) is 0 Å². The molecule has 78 valence electrons. The van der Waals surface area contributed by atoms with E-state index in [0.717, 1.165) is 10.5 Å². The lowest BCUT2D eigenvalue weighted by Crippen LogP contribution is -2.23. The van der Waals surface area contributed by atoms with Crippen molar-refractivity contribution in [3.8, 4) is 0 Å². The van der Waals surface area contributed by atoms with Crippen LogP contribution in [0, 0.1) is 10.8 Å². The van der Waals surface area contributed by atoms with Crippen LogP contribution in [0.15, 0.2) is 0 Å². The maximum Gasteiger partial charge on any atom is 0.00989 e. The largest absolute Gasteiger partial charge is 0.154 e. The van der Waals surface area contributed by atoms with Crippen LogP contribution in [0.4, 0.5) is 0 Å². The van der Waals surface area contributed by atoms with Gasteiger partial charge in [-0.05, 0) is 23.7 Å². The van der Waals surface area contributed by atoms with Gasteiger partial charge in [0.25, 0.3) is 0 Å². The lowest BCUT2D eigenvalue weighted by atomic mass is 9.85. The minimum absolute atomic E-state index is 0.491. The third-order valence-corrected chi connectivity index (χ3v) is 5.49. The molecule has 1 aliphatic rings. The monoisotopic (exact) mass is 200 g/mol. The van der Waals surface area contributed by atoms with Gasteiger partial charge in [-0.2, -0.15) is 11.8 Å². The first kappa shape index (κ1) is 11.4. The molecule has 0 aromatic carbocycles. The van der Waals surface area contributed by atoms with Crippen LogP contribution in [0.25, 0.3) is 0 Å². The van der Waals surface area contributed by atoms with Crippen LogP contribution in [0.2, 0.25) is 0 Å². The molecule has 0 amide bonds. The summed E-state index contributed by atoms with van der Waals surface area (Å²) in [6.07, 6.45) is 2.83. The first-order valence-corrected chi connectivity index (χ1v) is 6.31. The van der Waals surface area contributed by atoms with Crippen molar-refractivity contribution in [3.05, 3.63) is 0 Å². The summed E-state index contributed by atoms with van der Waals surface area (Å²) in [5.41, 5.74) is 0.981. The lowest BCUT2D eigenvalue weighted by Gasteiger charge is -2.30. The lowest BCUT2D eigenvalue weighted by molar-refractivity contribution is 0.363. The second kappa shape index (κ2) is 3.49. The zero-order valence-corrected chi connectivity index (χ0v) is 10.8. The molecule has 2 atom stereocenters. The molecule has 0 unspecified atom stereocenters. The molecule has 1 heterocycles. The molecule has 0 spiro atoms. The minimum atomic E-state index is 0.491. The van der Waals surface area contributed by atoms with Gasteiger partial charge in [-0.25, -0.2) is 0 Å². The minimum Gasteiger partial charge on any atom is -0.154 e. The fourth-order valence-corrected chi connectivity index (χ4v) is 3.67. The highest BCUT2D eigenvalue weighted by atomic mass is 32.2. The average Bonchev–Trinajstić information content (AvgIpc) is 2.28. The van der Waals surface area contributed by atoms with Crippen LogP contribution in [-0.4, -0.2) is 10.5 Å². The summed E-state index contributed by atoms with van der Waals surface area (Å²) in [6.45, 7) is 14.2. The van der Waals surface area contributed by atoms with Gasteiger partial charge in [-0.3, -0.25) is 0 Å². The zero-order chi connectivity index (χ0) is 10.3. The Bertz CT molecular complexity index is 151. The summed E-state index contributed by atoms with van der Waals surface area (Å²) in [6, 6.07) is 0. The van der Waals surface area contributed by atoms with E-state index in [4.69, 9.17) is 0 Å². The van der Waals surface area contributed by atoms with Crippen LogP contribution in [0.3, 0.4) is 0 Å². The van der Waals surface area contributed by atoms with Gasteiger partial charge in [0.1, 0.15) is 0 Å². The number of hydrogen-bond donors (Lipinski definition) is 0. The summed E-state index contributed by atoms with van der Waals surface area (Å²) in [4.78, 5) is 0. The van der Waals surface area contributed by atoms with Crippen molar-refractivity contribution >= 4 is 11.8 Å². The predicted octanol–water partition coefficient (Wildman–Crippen LogP) is 4.34. The van der Waals surface area contributed by atoms with Crippen LogP contribution in [0.1, 0.15) is 54.4 Å². The van der Waals surface area contributed by atoms with E-state index >= 15 is 0 Å². The molecule has 0 aromatic heterocycles. The second-order valence-electron chi connectivity index (χ2n) is 6.42. The van der Waals surface area contributed by atoms with Gasteiger partial charge >= 0.3 is 0 Å². The first-order valence-electron chi connectivity index (χ1n) is 5.37. The third kappa shape index (κ3) is 2.90. The number of thioether (sulfide) groups is 1. The fraction of sp³-hybridized carbons (Fsp3) is 1.00. The molecule has 1 fully saturated rings. The van der Waals surface area contributed by atoms with E-state index in [0.29, 0.717) is 10.8 Å². The van der Waals surface area contributed by atoms with Crippen molar-refractivity contribution in [2.24, 2.45) is 10.8 Å². The summed E-state index contributed by atoms with van der Waals surface area (Å²) in [5.74, 6) is 0. The van der Waals surface area contributed by atoms with E-state index in [1.807, 2.05) is 0 Å². The van der Waals surface area contributed by atoms with E-state index < -0.39 is 0 Å². The summed E-state index contributed by atoms with van der Waals surface area (Å²) in [7, 11) is 0. The molecule has 0 nitrogen and oxygen atoms in total. The Morgan fingerprint density at radius 1 is 0.769 bits per heavy atom. The molecular weight excluding hydrogens is 176 g/mol. The second-order valence-corrected chi connectivity index (χ2v) is 7.83. The Labute approximate surface area is 87.9 Å². The van der Waals surface area contributed by atoms with E-state index in [-0.39, 0.29) is 0 Å². The molecule has 1 heteroatoms. The summed E-state index contributed by atoms with van der Waals surface area (Å²) >= 11 is 2.22. The normalized spacial score (nSPS) is 30.9. The Morgan fingerprint density at radius 3 is 1.23 bits per heavy atom. The number of rotatable bonds is 0. The Morgan fingerprint density at radius 2 is 1.08 bits per heavy atom. The maximum absolute atomic E-state index is 2.37. The molecule has 0 N–H and O–H groups in total. The molecular formula is C12H24S. The zero-order valence-electron chi connectivity index (χ0n) is 9.98. The van der Waals surface area contributed by atoms with E-state index in [2.05, 4.69) is 53.3 Å². The van der Waals surface area contributed by atoms with Gasteiger partial charge in [0.05, 0.1) is 0 Å². The van der Waals surface area contributed by atoms with Gasteiger partial charge in [0, 0.05) is 10.5 Å². The van der Waals surface area contributed by atoms with Crippen LogP contribution >= 0.6 is 11.8 Å². The van der Waals surface area contributed by atoms with Crippen LogP contribution in [0.5, 0.6) is 0 Å². The molecule has 0 bridgehead atoms. The predicted molar refractivity (Wildman–Crippen MR) is 63.3 cm³/mol. The van der Waals surface area contributed by atoms with Crippen LogP contribution in [-0.2, 0) is 0 Å². The van der Waals surface area contributed by atoms with Crippen molar-refractivity contribution in [2.75, 3.05) is 0 Å². The van der Waals surface area contributed by atoms with Crippen molar-refractivity contribution < 1.29 is 0 Å². The molecule has 0 aromatic rings. The Balaban J connectivity index is 2.55. The molecule has 1 aliphatic heterocycles. The van der Waals surface area contributed by atoms with E-state index in [1.165, 1.54) is 12.8 Å². The average molecular weight is 200 g/mol. The smallest absolute Gasteiger partial charge is 0.00989 e. The number of hydrogen-bond acceptors (Lipinski definition) is 1. The molecule has 0 radical (unpaired) electrons. The Kier molecular flexibility index (Phi) is 3.07. The van der Waals surface area contributed by atoms with Gasteiger partial charge < -0.3 is 0 Å². The van der Waals surface area contributed by atoms with E-state index in [1.54, 1.807) is 0 Å². The van der Waals surface area contributed by atoms with Crippen molar-refractivity contribution in [3.63, 3.8) is 0 Å². The van der Waals surface area contributed by atoms with Gasteiger partial charge in [0.2, 0.25) is 0 Å². The standard InChI is InChI=1S/C12H24S/c1-11(2,3)9-7-8-10(13-9)12(4,5)6/h9-10H,7-8H2,1-6H3/t9-,10-/m0/s1. The topological polar surface area (TPSA) is 0 Å². The molecule has 1 saturated heterocycles. The maximum atomic E-state index is 2.37. The highest BCUT2D eigenvalue weighted by Crippen LogP contribution is 2.48. The van der Waals surface area contributed by atoms with Gasteiger partial charge in [-0.15, -0.1) is 0 Å². The van der Waals surface area contributed by atoms with Crippen LogP contribution < -0.4 is 0 Å². The molecule has 1 rings (SSSR count). The quantitative estimate of drug-likeness (QED) is 0.560. The summed E-state index contributed by atoms with van der Waals surface area (Å²) in [5, 5.41) is 1.74. The van der Waals surface area contributed by atoms with E-state index in [9.17, 15) is 0 Å². The van der Waals surface area contributed by atoms with Crippen molar-refractivity contribution in [2.45, 2.75) is 64.9 Å². The third-order valence-electron chi connectivity index (χ3n) is 2.95. The fourth-order valence-electron chi connectivity index (χ4n) is 1.91. The Hall–Kier alpha value is 0.350. The van der Waals surface area contributed by atoms with Crippen molar-refractivity contribution in [1.29, 1.82) is 0 Å². The highest BCUT2D eigenvalue weighted by Gasteiger charge is 2.38. The van der Waals surface area contributed by atoms with Crippen molar-refractivity contribution in [1.82, 2.24) is 0 Å². The molecule has 13 heavy (non-hydrogen) atoms. The van der Waals surface area contributed by atoms with Gasteiger partial charge in [-0.1, -0.05) is 41.5 Å². The highest BCUT2D eigenvalue weighted by molar-refractivity contribution is 8.00. The first-order chi connectivity index (χ1) is 5.71. The summed E-state index contributed by atoms with van der Waals surface area (Å²) < 4.78 is 0. The molecule has 0 saturated carbocycles.